The molecular formula is C12H22N2O3. The fourth-order valence-electron chi connectivity index (χ4n) is 2.35. The van der Waals surface area contributed by atoms with Crippen molar-refractivity contribution in [3.05, 3.63) is 0 Å². The van der Waals surface area contributed by atoms with Crippen LogP contribution in [0.4, 0.5) is 0 Å². The number of carboxylic acid groups (broad SMARTS) is 1. The lowest BCUT2D eigenvalue weighted by Gasteiger charge is -2.27. The number of unbranched alkanes of at least 4 members (excludes halogenated alkanes) is 1. The Balaban J connectivity index is 2.39. The highest BCUT2D eigenvalue weighted by Crippen LogP contribution is 2.30. The van der Waals surface area contributed by atoms with E-state index in [4.69, 9.17) is 10.8 Å². The van der Waals surface area contributed by atoms with Gasteiger partial charge in [0.05, 0.1) is 11.8 Å². The van der Waals surface area contributed by atoms with Crippen molar-refractivity contribution in [3.63, 3.8) is 0 Å². The highest BCUT2D eigenvalue weighted by molar-refractivity contribution is 5.84. The largest absolute Gasteiger partial charge is 0.481 e. The lowest BCUT2D eigenvalue weighted by atomic mass is 9.78. The van der Waals surface area contributed by atoms with Gasteiger partial charge >= 0.3 is 5.97 Å². The van der Waals surface area contributed by atoms with E-state index in [1.165, 1.54) is 0 Å². The van der Waals surface area contributed by atoms with Crippen LogP contribution in [0.1, 0.15) is 38.5 Å². The molecule has 17 heavy (non-hydrogen) atoms. The predicted molar refractivity (Wildman–Crippen MR) is 64.4 cm³/mol. The molecular weight excluding hydrogens is 220 g/mol. The molecule has 0 aromatic carbocycles. The molecule has 1 aliphatic rings. The van der Waals surface area contributed by atoms with Crippen molar-refractivity contribution in [3.8, 4) is 0 Å². The third kappa shape index (κ3) is 4.34. The van der Waals surface area contributed by atoms with Gasteiger partial charge < -0.3 is 16.2 Å². The molecule has 1 saturated carbocycles. The predicted octanol–water partition coefficient (Wildman–Crippen LogP) is 0.732. The lowest BCUT2D eigenvalue weighted by Crippen LogP contribution is -2.40. The first-order valence-electron chi connectivity index (χ1n) is 6.37. The van der Waals surface area contributed by atoms with Crippen molar-refractivity contribution in [1.82, 2.24) is 5.32 Å². The van der Waals surface area contributed by atoms with E-state index in [0.717, 1.165) is 25.7 Å². The molecule has 1 amide bonds. The number of hydrogen-bond acceptors (Lipinski definition) is 3. The van der Waals surface area contributed by atoms with E-state index >= 15 is 0 Å². The minimum atomic E-state index is -0.841. The van der Waals surface area contributed by atoms with E-state index in [2.05, 4.69) is 5.32 Å². The van der Waals surface area contributed by atoms with Crippen LogP contribution in [0.3, 0.4) is 0 Å². The molecule has 0 aromatic heterocycles. The number of rotatable bonds is 6. The lowest BCUT2D eigenvalue weighted by molar-refractivity contribution is -0.148. The van der Waals surface area contributed by atoms with Gasteiger partial charge in [0.25, 0.3) is 0 Å². The highest BCUT2D eigenvalue weighted by Gasteiger charge is 2.35. The summed E-state index contributed by atoms with van der Waals surface area (Å²) in [5.41, 5.74) is 5.36. The molecule has 5 heteroatoms. The summed E-state index contributed by atoms with van der Waals surface area (Å²) in [5.74, 6) is -1.79. The fraction of sp³-hybridized carbons (Fsp3) is 0.833. The minimum absolute atomic E-state index is 0.103. The average Bonchev–Trinajstić information content (AvgIpc) is 2.34. The maximum atomic E-state index is 11.9. The monoisotopic (exact) mass is 242 g/mol. The second-order valence-corrected chi connectivity index (χ2v) is 4.62. The molecule has 0 radical (unpaired) electrons. The average molecular weight is 242 g/mol. The van der Waals surface area contributed by atoms with Crippen LogP contribution in [0.25, 0.3) is 0 Å². The number of nitrogens with two attached hydrogens (primary N) is 1. The number of carbonyl (C=O) groups excluding carboxylic acids is 1. The van der Waals surface area contributed by atoms with Gasteiger partial charge in [-0.25, -0.2) is 0 Å². The number of amides is 1. The Hall–Kier alpha value is -1.10. The summed E-state index contributed by atoms with van der Waals surface area (Å²) in [5, 5.41) is 11.9. The van der Waals surface area contributed by atoms with Crippen molar-refractivity contribution in [2.24, 2.45) is 17.6 Å². The van der Waals surface area contributed by atoms with Crippen molar-refractivity contribution >= 4 is 11.9 Å². The molecule has 0 aliphatic heterocycles. The Bertz CT molecular complexity index is 268. The summed E-state index contributed by atoms with van der Waals surface area (Å²) in [4.78, 5) is 22.9. The quantitative estimate of drug-likeness (QED) is 0.599. The Morgan fingerprint density at radius 2 is 1.82 bits per heavy atom. The summed E-state index contributed by atoms with van der Waals surface area (Å²) < 4.78 is 0. The van der Waals surface area contributed by atoms with Gasteiger partial charge in [-0.2, -0.15) is 0 Å². The smallest absolute Gasteiger partial charge is 0.307 e. The zero-order valence-corrected chi connectivity index (χ0v) is 10.2. The van der Waals surface area contributed by atoms with E-state index in [0.29, 0.717) is 25.9 Å². The van der Waals surface area contributed by atoms with Crippen LogP contribution in [0.2, 0.25) is 0 Å². The normalized spacial score (nSPS) is 24.3. The first-order valence-corrected chi connectivity index (χ1v) is 6.37. The zero-order valence-electron chi connectivity index (χ0n) is 10.2. The van der Waals surface area contributed by atoms with Gasteiger partial charge in [-0.15, -0.1) is 0 Å². The second-order valence-electron chi connectivity index (χ2n) is 4.62. The SMILES string of the molecule is NCCCCNC(=O)[C@@H]1CCCC[C@@H]1C(=O)O. The number of carbonyl (C=O) groups is 2. The van der Waals surface area contributed by atoms with Crippen molar-refractivity contribution in [1.29, 1.82) is 0 Å². The van der Waals surface area contributed by atoms with Gasteiger partial charge in [0.1, 0.15) is 0 Å². The van der Waals surface area contributed by atoms with Crippen molar-refractivity contribution in [2.75, 3.05) is 13.1 Å². The third-order valence-corrected chi connectivity index (χ3v) is 3.35. The number of aliphatic carboxylic acids is 1. The molecule has 1 rings (SSSR count). The maximum absolute atomic E-state index is 11.9. The summed E-state index contributed by atoms with van der Waals surface area (Å²) in [6, 6.07) is 0. The molecule has 0 aromatic rings. The van der Waals surface area contributed by atoms with Crippen LogP contribution in [0, 0.1) is 11.8 Å². The highest BCUT2D eigenvalue weighted by atomic mass is 16.4. The molecule has 0 unspecified atom stereocenters. The number of hydrogen-bond donors (Lipinski definition) is 3. The number of nitrogens with one attached hydrogen (secondary N) is 1. The van der Waals surface area contributed by atoms with Crippen LogP contribution in [-0.2, 0) is 9.59 Å². The Morgan fingerprint density at radius 1 is 1.18 bits per heavy atom. The molecule has 2 atom stereocenters. The van der Waals surface area contributed by atoms with Gasteiger partial charge in [-0.1, -0.05) is 12.8 Å². The third-order valence-electron chi connectivity index (χ3n) is 3.35. The molecule has 0 heterocycles. The van der Waals surface area contributed by atoms with Crippen LogP contribution in [-0.4, -0.2) is 30.1 Å². The molecule has 1 fully saturated rings. The standard InChI is InChI=1S/C12H22N2O3/c13-7-3-4-8-14-11(15)9-5-1-2-6-10(9)12(16)17/h9-10H,1-8,13H2,(H,14,15)(H,16,17)/t9-,10+/m1/s1. The zero-order chi connectivity index (χ0) is 12.7. The Kier molecular flexibility index (Phi) is 5.97. The van der Waals surface area contributed by atoms with Crippen LogP contribution >= 0.6 is 0 Å². The van der Waals surface area contributed by atoms with E-state index in [-0.39, 0.29) is 11.8 Å². The second kappa shape index (κ2) is 7.27. The molecule has 0 saturated heterocycles. The molecule has 5 nitrogen and oxygen atoms in total. The van der Waals surface area contributed by atoms with E-state index in [1.807, 2.05) is 0 Å². The van der Waals surface area contributed by atoms with Gasteiger partial charge in [-0.05, 0) is 32.2 Å². The molecule has 0 spiro atoms. The van der Waals surface area contributed by atoms with Crippen LogP contribution in [0.15, 0.2) is 0 Å². The van der Waals surface area contributed by atoms with Crippen molar-refractivity contribution in [2.45, 2.75) is 38.5 Å². The van der Waals surface area contributed by atoms with E-state index < -0.39 is 11.9 Å². The first kappa shape index (κ1) is 14.0. The van der Waals surface area contributed by atoms with Gasteiger partial charge in [-0.3, -0.25) is 9.59 Å². The maximum Gasteiger partial charge on any atom is 0.307 e. The summed E-state index contributed by atoms with van der Waals surface area (Å²) >= 11 is 0. The van der Waals surface area contributed by atoms with E-state index in [1.54, 1.807) is 0 Å². The Morgan fingerprint density at radius 3 is 2.41 bits per heavy atom. The van der Waals surface area contributed by atoms with Gasteiger partial charge in [0.15, 0.2) is 0 Å². The van der Waals surface area contributed by atoms with E-state index in [9.17, 15) is 9.59 Å². The van der Waals surface area contributed by atoms with Gasteiger partial charge in [0, 0.05) is 6.54 Å². The minimum Gasteiger partial charge on any atom is -0.481 e. The number of carboxylic acids is 1. The summed E-state index contributed by atoms with van der Waals surface area (Å²) in [6.45, 7) is 1.22. The molecule has 98 valence electrons. The fourth-order valence-corrected chi connectivity index (χ4v) is 2.35. The Labute approximate surface area is 102 Å². The van der Waals surface area contributed by atoms with Gasteiger partial charge in [0.2, 0.25) is 5.91 Å². The molecule has 4 N–H and O–H groups in total. The molecule has 0 bridgehead atoms. The summed E-state index contributed by atoms with van der Waals surface area (Å²) in [6.07, 6.45) is 4.91. The topological polar surface area (TPSA) is 92.4 Å². The van der Waals surface area contributed by atoms with Crippen LogP contribution in [0.5, 0.6) is 0 Å². The molecule has 1 aliphatic carbocycles. The van der Waals surface area contributed by atoms with Crippen molar-refractivity contribution < 1.29 is 14.7 Å². The first-order chi connectivity index (χ1) is 8.16. The van der Waals surface area contributed by atoms with Crippen LogP contribution < -0.4 is 11.1 Å². The summed E-state index contributed by atoms with van der Waals surface area (Å²) in [7, 11) is 0.